The highest BCUT2D eigenvalue weighted by Crippen LogP contribution is 2.20. The molecule has 102 valence electrons. The number of rotatable bonds is 1. The standard InChI is InChI=1S/C15H9FN4O/c16-10-5-3-4-9(8-10)13-18-14-11-6-1-2-7-12(11)17-15(21)20(14)19-13/h1-8H,(H,17,21). The Hall–Kier alpha value is -3.02. The molecule has 2 heterocycles. The number of halogens is 1. The normalized spacial score (nSPS) is 11.3. The predicted molar refractivity (Wildman–Crippen MR) is 76.5 cm³/mol. The van der Waals surface area contributed by atoms with Crippen LogP contribution in [0.3, 0.4) is 0 Å². The van der Waals surface area contributed by atoms with Gasteiger partial charge in [0, 0.05) is 10.9 Å². The van der Waals surface area contributed by atoms with Crippen LogP contribution in [-0.2, 0) is 0 Å². The van der Waals surface area contributed by atoms with Crippen LogP contribution in [0.15, 0.2) is 53.3 Å². The zero-order chi connectivity index (χ0) is 14.4. The quantitative estimate of drug-likeness (QED) is 0.582. The molecular formula is C15H9FN4O. The highest BCUT2D eigenvalue weighted by molar-refractivity contribution is 5.91. The van der Waals surface area contributed by atoms with Gasteiger partial charge in [0.2, 0.25) is 0 Å². The fourth-order valence-corrected chi connectivity index (χ4v) is 2.33. The molecule has 0 saturated carbocycles. The molecular weight excluding hydrogens is 271 g/mol. The van der Waals surface area contributed by atoms with Gasteiger partial charge in [-0.2, -0.15) is 4.52 Å². The number of para-hydroxylation sites is 1. The second kappa shape index (κ2) is 4.24. The molecule has 21 heavy (non-hydrogen) atoms. The summed E-state index contributed by atoms with van der Waals surface area (Å²) in [5.74, 6) is -0.0542. The first kappa shape index (κ1) is 11.8. The molecule has 2 aromatic carbocycles. The van der Waals surface area contributed by atoms with Crippen LogP contribution in [-0.4, -0.2) is 19.6 Å². The first-order valence-electron chi connectivity index (χ1n) is 6.36. The molecule has 6 heteroatoms. The predicted octanol–water partition coefficient (Wildman–Crippen LogP) is 2.38. The lowest BCUT2D eigenvalue weighted by atomic mass is 10.2. The van der Waals surface area contributed by atoms with Crippen LogP contribution in [0.4, 0.5) is 4.39 Å². The van der Waals surface area contributed by atoms with Crippen LogP contribution in [0.25, 0.3) is 27.9 Å². The number of hydrogen-bond donors (Lipinski definition) is 1. The third-order valence-corrected chi connectivity index (χ3v) is 3.29. The van der Waals surface area contributed by atoms with Crippen molar-refractivity contribution in [3.63, 3.8) is 0 Å². The lowest BCUT2D eigenvalue weighted by molar-refractivity contribution is 0.628. The SMILES string of the molecule is O=c1[nH]c2ccccc2c2nc(-c3cccc(F)c3)nn12. The minimum atomic E-state index is -0.376. The maximum absolute atomic E-state index is 13.3. The third kappa shape index (κ3) is 1.80. The molecule has 4 rings (SSSR count). The van der Waals surface area contributed by atoms with Gasteiger partial charge in [-0.1, -0.05) is 24.3 Å². The van der Waals surface area contributed by atoms with E-state index in [1.54, 1.807) is 18.2 Å². The molecule has 0 aliphatic carbocycles. The summed E-state index contributed by atoms with van der Waals surface area (Å²) >= 11 is 0. The third-order valence-electron chi connectivity index (χ3n) is 3.29. The lowest BCUT2D eigenvalue weighted by Gasteiger charge is -1.97. The largest absolute Gasteiger partial charge is 0.348 e. The van der Waals surface area contributed by atoms with Gasteiger partial charge in [-0.15, -0.1) is 5.10 Å². The van der Waals surface area contributed by atoms with E-state index in [1.807, 2.05) is 18.2 Å². The fraction of sp³-hybridized carbons (Fsp3) is 0. The fourth-order valence-electron chi connectivity index (χ4n) is 2.33. The van der Waals surface area contributed by atoms with E-state index in [0.717, 1.165) is 5.39 Å². The van der Waals surface area contributed by atoms with Gasteiger partial charge in [-0.25, -0.2) is 14.2 Å². The van der Waals surface area contributed by atoms with Crippen molar-refractivity contribution in [2.24, 2.45) is 0 Å². The van der Waals surface area contributed by atoms with Crippen molar-refractivity contribution in [2.45, 2.75) is 0 Å². The van der Waals surface area contributed by atoms with E-state index >= 15 is 0 Å². The Labute approximate surface area is 117 Å². The number of benzene rings is 2. The number of nitrogens with one attached hydrogen (secondary N) is 1. The van der Waals surface area contributed by atoms with Crippen LogP contribution in [0.2, 0.25) is 0 Å². The van der Waals surface area contributed by atoms with Gasteiger partial charge in [-0.3, -0.25) is 0 Å². The first-order chi connectivity index (χ1) is 10.2. The van der Waals surface area contributed by atoms with E-state index in [1.165, 1.54) is 16.6 Å². The van der Waals surface area contributed by atoms with Crippen molar-refractivity contribution in [2.75, 3.05) is 0 Å². The van der Waals surface area contributed by atoms with E-state index in [2.05, 4.69) is 15.1 Å². The number of aromatic nitrogens is 4. The van der Waals surface area contributed by atoms with Crippen molar-refractivity contribution in [3.05, 3.63) is 64.8 Å². The van der Waals surface area contributed by atoms with Crippen molar-refractivity contribution >= 4 is 16.6 Å². The lowest BCUT2D eigenvalue weighted by Crippen LogP contribution is -2.17. The molecule has 0 radical (unpaired) electrons. The number of fused-ring (bicyclic) bond motifs is 3. The monoisotopic (exact) mass is 280 g/mol. The van der Waals surface area contributed by atoms with Gasteiger partial charge in [0.05, 0.1) is 5.52 Å². The Morgan fingerprint density at radius 2 is 1.95 bits per heavy atom. The summed E-state index contributed by atoms with van der Waals surface area (Å²) in [4.78, 5) is 19.2. The molecule has 0 aliphatic heterocycles. The summed E-state index contributed by atoms with van der Waals surface area (Å²) in [6.07, 6.45) is 0. The second-order valence-corrected chi connectivity index (χ2v) is 4.66. The summed E-state index contributed by atoms with van der Waals surface area (Å²) in [6.45, 7) is 0. The summed E-state index contributed by atoms with van der Waals surface area (Å²) in [5.41, 5.74) is 1.29. The highest BCUT2D eigenvalue weighted by Gasteiger charge is 2.12. The molecule has 0 unspecified atom stereocenters. The zero-order valence-corrected chi connectivity index (χ0v) is 10.7. The smallest absolute Gasteiger partial charge is 0.305 e. The summed E-state index contributed by atoms with van der Waals surface area (Å²) < 4.78 is 14.5. The maximum atomic E-state index is 13.3. The van der Waals surface area contributed by atoms with Crippen molar-refractivity contribution < 1.29 is 4.39 Å². The minimum absolute atomic E-state index is 0.316. The Morgan fingerprint density at radius 1 is 1.10 bits per heavy atom. The molecule has 0 spiro atoms. The second-order valence-electron chi connectivity index (χ2n) is 4.66. The van der Waals surface area contributed by atoms with Gasteiger partial charge in [0.25, 0.3) is 0 Å². The Kier molecular flexibility index (Phi) is 2.38. The molecule has 2 aromatic heterocycles. The topological polar surface area (TPSA) is 63.0 Å². The number of nitrogens with zero attached hydrogens (tertiary/aromatic N) is 3. The Bertz CT molecular complexity index is 1030. The van der Waals surface area contributed by atoms with E-state index < -0.39 is 0 Å². The highest BCUT2D eigenvalue weighted by atomic mass is 19.1. The maximum Gasteiger partial charge on any atom is 0.348 e. The first-order valence-corrected chi connectivity index (χ1v) is 6.36. The molecule has 0 aliphatic rings. The molecule has 5 nitrogen and oxygen atoms in total. The van der Waals surface area contributed by atoms with E-state index in [4.69, 9.17) is 0 Å². The average Bonchev–Trinajstić information content (AvgIpc) is 2.93. The molecule has 1 N–H and O–H groups in total. The Morgan fingerprint density at radius 3 is 2.81 bits per heavy atom. The van der Waals surface area contributed by atoms with Crippen LogP contribution in [0.1, 0.15) is 0 Å². The summed E-state index contributed by atoms with van der Waals surface area (Å²) in [6, 6.07) is 13.3. The Balaban J connectivity index is 2.08. The van der Waals surface area contributed by atoms with Gasteiger partial charge in [0.1, 0.15) is 5.82 Å². The molecule has 0 fully saturated rings. The van der Waals surface area contributed by atoms with Gasteiger partial charge in [-0.05, 0) is 24.3 Å². The summed E-state index contributed by atoms with van der Waals surface area (Å²) in [5, 5.41) is 4.95. The number of H-pyrrole nitrogens is 1. The molecule has 0 bridgehead atoms. The molecule has 0 atom stereocenters. The van der Waals surface area contributed by atoms with Crippen molar-refractivity contribution in [1.82, 2.24) is 19.6 Å². The van der Waals surface area contributed by atoms with Gasteiger partial charge >= 0.3 is 5.69 Å². The summed E-state index contributed by atoms with van der Waals surface area (Å²) in [7, 11) is 0. The van der Waals surface area contributed by atoms with E-state index in [9.17, 15) is 9.18 Å². The van der Waals surface area contributed by atoms with Crippen LogP contribution in [0.5, 0.6) is 0 Å². The van der Waals surface area contributed by atoms with Crippen LogP contribution >= 0.6 is 0 Å². The van der Waals surface area contributed by atoms with Crippen molar-refractivity contribution in [1.29, 1.82) is 0 Å². The number of aromatic amines is 1. The zero-order valence-electron chi connectivity index (χ0n) is 10.7. The van der Waals surface area contributed by atoms with Gasteiger partial charge in [0.15, 0.2) is 11.5 Å². The van der Waals surface area contributed by atoms with Crippen molar-refractivity contribution in [3.8, 4) is 11.4 Å². The molecule has 4 aromatic rings. The minimum Gasteiger partial charge on any atom is -0.305 e. The van der Waals surface area contributed by atoms with Crippen LogP contribution in [0, 0.1) is 5.82 Å². The van der Waals surface area contributed by atoms with E-state index in [-0.39, 0.29) is 11.5 Å². The molecule has 0 saturated heterocycles. The molecule has 0 amide bonds. The van der Waals surface area contributed by atoms with Gasteiger partial charge < -0.3 is 4.98 Å². The average molecular weight is 280 g/mol. The van der Waals surface area contributed by atoms with E-state index in [0.29, 0.717) is 22.6 Å². The number of hydrogen-bond acceptors (Lipinski definition) is 3. The van der Waals surface area contributed by atoms with Crippen LogP contribution < -0.4 is 5.69 Å².